The second kappa shape index (κ2) is 45.3. The van der Waals surface area contributed by atoms with Gasteiger partial charge in [-0.2, -0.15) is 0 Å². The van der Waals surface area contributed by atoms with Crippen LogP contribution in [0, 0.1) is 13.8 Å². The van der Waals surface area contributed by atoms with Crippen molar-refractivity contribution >= 4 is 68.7 Å². The van der Waals surface area contributed by atoms with Gasteiger partial charge >= 0.3 is 6.36 Å². The molecule has 0 aliphatic carbocycles. The Labute approximate surface area is 593 Å². The minimum absolute atomic E-state index is 0.285. The summed E-state index contributed by atoms with van der Waals surface area (Å²) in [6, 6.07) is 21.2. The van der Waals surface area contributed by atoms with E-state index in [4.69, 9.17) is 73.4 Å². The van der Waals surface area contributed by atoms with Crippen LogP contribution in [0.4, 0.5) is 47.1 Å². The van der Waals surface area contributed by atoms with Gasteiger partial charge in [0.1, 0.15) is 45.9 Å². The highest BCUT2D eigenvalue weighted by atomic mass is 35.5. The fraction of sp³-hybridized carbons (Fsp3) is 0.507. The Morgan fingerprint density at radius 2 is 1.16 bits per heavy atom. The molecule has 1 saturated heterocycles. The normalized spacial score (nSPS) is 12.7. The first-order valence-corrected chi connectivity index (χ1v) is 34.3. The number of thiazole rings is 1. The number of alkyl halides is 3. The van der Waals surface area contributed by atoms with Gasteiger partial charge in [-0.25, -0.2) is 29.6 Å². The van der Waals surface area contributed by atoms with Crippen molar-refractivity contribution in [2.45, 2.75) is 33.4 Å². The molecule has 3 aromatic carbocycles. The molecule has 4 N–H and O–H groups in total. The lowest BCUT2D eigenvalue weighted by Crippen LogP contribution is -2.47. The fourth-order valence-electron chi connectivity index (χ4n) is 9.46. The largest absolute Gasteiger partial charge is 0.573 e. The zero-order chi connectivity index (χ0) is 71.0. The lowest BCUT2D eigenvalue weighted by Gasteiger charge is -2.35. The predicted molar refractivity (Wildman–Crippen MR) is 370 cm³/mol. The number of hydrogen-bond donors (Lipinski definition) is 4. The number of carbonyl (C=O) groups excluding carboxylic acids is 2. The molecule has 34 heteroatoms. The molecule has 0 atom stereocenters. The molecule has 2 amide bonds. The van der Waals surface area contributed by atoms with Crippen LogP contribution in [-0.4, -0.2) is 254 Å². The van der Waals surface area contributed by atoms with Crippen molar-refractivity contribution in [3.63, 3.8) is 0 Å². The van der Waals surface area contributed by atoms with Crippen LogP contribution >= 0.6 is 22.9 Å². The number of rotatable bonds is 51. The fourth-order valence-corrected chi connectivity index (χ4v) is 10.5. The summed E-state index contributed by atoms with van der Waals surface area (Å²) in [4.78, 5) is 53.0. The summed E-state index contributed by atoms with van der Waals surface area (Å²) in [7, 11) is 0. The van der Waals surface area contributed by atoms with Gasteiger partial charge in [0.15, 0.2) is 5.13 Å². The van der Waals surface area contributed by atoms with Gasteiger partial charge in [0.2, 0.25) is 0 Å². The second-order valence-corrected chi connectivity index (χ2v) is 23.5. The van der Waals surface area contributed by atoms with Crippen molar-refractivity contribution < 1.29 is 84.3 Å². The van der Waals surface area contributed by atoms with Crippen LogP contribution in [-0.2, 0) is 70.0 Å². The van der Waals surface area contributed by atoms with E-state index in [1.54, 1.807) is 41.1 Å². The van der Waals surface area contributed by atoms with Gasteiger partial charge in [-0.3, -0.25) is 14.5 Å². The lowest BCUT2D eigenvalue weighted by atomic mass is 10.1. The predicted octanol–water partition coefficient (Wildman–Crippen LogP) is 7.84. The number of hydrogen-bond acceptors (Lipinski definition) is 27. The van der Waals surface area contributed by atoms with Crippen LogP contribution < -0.4 is 30.9 Å². The van der Waals surface area contributed by atoms with Gasteiger partial charge < -0.3 is 87.7 Å². The number of nitrogens with one attached hydrogen (secondary N) is 4. The van der Waals surface area contributed by atoms with Crippen LogP contribution in [0.3, 0.4) is 0 Å². The number of piperazine rings is 1. The summed E-state index contributed by atoms with van der Waals surface area (Å²) in [5, 5.41) is 21.4. The average Bonchev–Trinajstić information content (AvgIpc) is 1.44. The summed E-state index contributed by atoms with van der Waals surface area (Å²) < 4.78 is 110. The van der Waals surface area contributed by atoms with Crippen molar-refractivity contribution in [1.29, 1.82) is 0 Å². The molecule has 5 heterocycles. The molecule has 0 bridgehead atoms. The van der Waals surface area contributed by atoms with E-state index < -0.39 is 6.36 Å². The van der Waals surface area contributed by atoms with E-state index in [1.807, 2.05) is 38.2 Å². The number of aryl methyl sites for hydroxylation is 2. The average molecular weight is 1450 g/mol. The zero-order valence-corrected chi connectivity index (χ0v) is 58.2. The molecular formula is C67H88ClF3N14O15S. The Morgan fingerprint density at radius 1 is 0.584 bits per heavy atom. The minimum atomic E-state index is -4.78. The van der Waals surface area contributed by atoms with Gasteiger partial charge in [0.25, 0.3) is 11.8 Å². The Balaban J connectivity index is 0.503. The first kappa shape index (κ1) is 79.0. The second-order valence-electron chi connectivity index (χ2n) is 22.1. The number of halogens is 4. The number of nitrogens with zero attached hydrogens (tertiary/aromatic N) is 10. The van der Waals surface area contributed by atoms with Crippen molar-refractivity contribution in [2.24, 2.45) is 0 Å². The third kappa shape index (κ3) is 31.2. The molecule has 1 aliphatic rings. The van der Waals surface area contributed by atoms with Crippen LogP contribution in [0.5, 0.6) is 5.75 Å². The van der Waals surface area contributed by atoms with E-state index in [1.165, 1.54) is 48.1 Å². The number of ether oxygens (including phenoxy) is 13. The van der Waals surface area contributed by atoms with Gasteiger partial charge in [0, 0.05) is 68.2 Å². The van der Waals surface area contributed by atoms with E-state index in [9.17, 15) is 22.8 Å². The number of carbonyl (C=O) groups is 2. The van der Waals surface area contributed by atoms with Crippen molar-refractivity contribution in [3.05, 3.63) is 130 Å². The number of amides is 2. The molecule has 101 heavy (non-hydrogen) atoms. The maximum absolute atomic E-state index is 13.0. The van der Waals surface area contributed by atoms with E-state index in [-0.39, 0.29) is 17.6 Å². The van der Waals surface area contributed by atoms with Gasteiger partial charge in [0.05, 0.1) is 194 Å². The molecule has 0 unspecified atom stereocenters. The molecule has 7 aromatic rings. The highest BCUT2D eigenvalue weighted by molar-refractivity contribution is 7.17. The van der Waals surface area contributed by atoms with Crippen molar-refractivity contribution in [1.82, 2.24) is 50.1 Å². The Morgan fingerprint density at radius 3 is 1.75 bits per heavy atom. The molecule has 8 rings (SSSR count). The molecule has 1 aliphatic heterocycles. The number of anilines is 6. The van der Waals surface area contributed by atoms with Crippen molar-refractivity contribution in [3.8, 4) is 17.0 Å². The van der Waals surface area contributed by atoms with Crippen molar-refractivity contribution in [2.75, 3.05) is 212 Å². The Hall–Kier alpha value is -7.71. The van der Waals surface area contributed by atoms with Crippen LogP contribution in [0.1, 0.15) is 37.1 Å². The third-order valence-electron chi connectivity index (χ3n) is 14.5. The molecule has 0 radical (unpaired) electrons. The van der Waals surface area contributed by atoms with E-state index in [0.29, 0.717) is 232 Å². The lowest BCUT2D eigenvalue weighted by molar-refractivity contribution is -0.274. The molecule has 0 saturated carbocycles. The SMILES string of the molecule is Cc1nc(Nc2ncc(C(=O)Nc3c(C)cccc3Cl)s2)cc(N2CCN(CCOCc3cn(CCOCCOCCOCCOCCOCCOCCOCCOCCOCCOCCOCCNC(=O)c4cccc(-c5cc(Nc6ccc(OC(F)(F)F)cc6)ncn5)c4)nn3)CC2)n1. The quantitative estimate of drug-likeness (QED) is 0.0264. The maximum atomic E-state index is 13.0. The number of benzene rings is 3. The van der Waals surface area contributed by atoms with Gasteiger partial charge in [-0.1, -0.05) is 52.4 Å². The maximum Gasteiger partial charge on any atom is 0.573 e. The first-order chi connectivity index (χ1) is 49.3. The van der Waals surface area contributed by atoms with Crippen LogP contribution in [0.2, 0.25) is 5.02 Å². The summed E-state index contributed by atoms with van der Waals surface area (Å²) in [6.45, 7) is 19.1. The monoisotopic (exact) mass is 1450 g/mol. The summed E-state index contributed by atoms with van der Waals surface area (Å²) >= 11 is 7.54. The highest BCUT2D eigenvalue weighted by Crippen LogP contribution is 2.30. The number of para-hydroxylation sites is 1. The smallest absolute Gasteiger partial charge is 0.406 e. The molecular weight excluding hydrogens is 1370 g/mol. The molecule has 29 nitrogen and oxygen atoms in total. The topological polar surface area (TPSA) is 304 Å². The Bertz CT molecular complexity index is 3490. The molecule has 4 aromatic heterocycles. The Kier molecular flexibility index (Phi) is 35.4. The van der Waals surface area contributed by atoms with Crippen LogP contribution in [0.15, 0.2) is 97.6 Å². The molecule has 0 spiro atoms. The number of aromatic nitrogens is 8. The van der Waals surface area contributed by atoms with Gasteiger partial charge in [-0.15, -0.1) is 18.3 Å². The summed E-state index contributed by atoms with van der Waals surface area (Å²) in [6.07, 6.45) is -0.0337. The zero-order valence-electron chi connectivity index (χ0n) is 56.7. The van der Waals surface area contributed by atoms with Crippen LogP contribution in [0.25, 0.3) is 11.3 Å². The standard InChI is InChI=1S/C67H88ClF3N14O15S/c1-50-5-3-8-57(68)63(50)80-65(87)59-46-73-66(101-59)79-61-45-62(77-51(2)76-61)84-16-14-83(15-17-84)18-21-99-48-55-47-85(82-81-55)19-22-89-24-26-91-28-30-93-32-34-95-36-38-97-40-42-98-41-39-96-37-35-94-33-31-92-29-27-90-25-23-88-20-13-72-64(86)53-7-4-6-52(43-53)58-44-60(75-49-74-58)78-54-9-11-56(12-10-54)100-67(69,70)71/h3-12,43-47,49H,13-42,48H2,1-2H3,(H,72,86)(H,80,87)(H,74,75,78)(H,73,76,77,79). The van der Waals surface area contributed by atoms with E-state index >= 15 is 0 Å². The molecule has 1 fully saturated rings. The van der Waals surface area contributed by atoms with E-state index in [2.05, 4.69) is 66.1 Å². The minimum Gasteiger partial charge on any atom is -0.406 e. The first-order valence-electron chi connectivity index (χ1n) is 33.1. The summed E-state index contributed by atoms with van der Waals surface area (Å²) in [5.41, 5.74) is 4.33. The van der Waals surface area contributed by atoms with E-state index in [0.717, 1.165) is 49.8 Å². The third-order valence-corrected chi connectivity index (χ3v) is 15.7. The summed E-state index contributed by atoms with van der Waals surface area (Å²) in [5.74, 6) is 1.55. The highest BCUT2D eigenvalue weighted by Gasteiger charge is 2.31. The van der Waals surface area contributed by atoms with Gasteiger partial charge in [-0.05, 0) is 61.9 Å². The molecule has 550 valence electrons.